The van der Waals surface area contributed by atoms with Crippen molar-refractivity contribution in [2.45, 2.75) is 31.8 Å². The van der Waals surface area contributed by atoms with Crippen LogP contribution in [0.2, 0.25) is 0 Å². The lowest BCUT2D eigenvalue weighted by Gasteiger charge is -2.38. The SMILES string of the molecule is CC(C(=O)NC1CC1)N1CCN(c2nc(-c3ccncc3)nc3ccccc23)CC1. The van der Waals surface area contributed by atoms with Gasteiger partial charge in [-0.05, 0) is 44.0 Å². The molecule has 3 aromatic rings. The molecule has 30 heavy (non-hydrogen) atoms. The second-order valence-electron chi connectivity index (χ2n) is 8.11. The smallest absolute Gasteiger partial charge is 0.237 e. The van der Waals surface area contributed by atoms with E-state index in [1.807, 2.05) is 37.3 Å². The number of nitrogens with zero attached hydrogens (tertiary/aromatic N) is 5. The summed E-state index contributed by atoms with van der Waals surface area (Å²) < 4.78 is 0. The van der Waals surface area contributed by atoms with Crippen molar-refractivity contribution >= 4 is 22.6 Å². The normalized spacial score (nSPS) is 18.4. The quantitative estimate of drug-likeness (QED) is 0.707. The number of aromatic nitrogens is 3. The third-order valence-corrected chi connectivity index (χ3v) is 5.99. The summed E-state index contributed by atoms with van der Waals surface area (Å²) in [6.07, 6.45) is 5.76. The molecule has 0 spiro atoms. The maximum atomic E-state index is 12.4. The van der Waals surface area contributed by atoms with Crippen LogP contribution in [-0.2, 0) is 4.79 Å². The molecule has 1 aromatic carbocycles. The lowest BCUT2D eigenvalue weighted by atomic mass is 10.1. The van der Waals surface area contributed by atoms with Crippen molar-refractivity contribution in [2.24, 2.45) is 0 Å². The molecule has 7 heteroatoms. The van der Waals surface area contributed by atoms with Crippen LogP contribution in [0.25, 0.3) is 22.3 Å². The van der Waals surface area contributed by atoms with Gasteiger partial charge in [0.2, 0.25) is 5.91 Å². The molecule has 7 nitrogen and oxygen atoms in total. The van der Waals surface area contributed by atoms with Gasteiger partial charge in [-0.3, -0.25) is 14.7 Å². The van der Waals surface area contributed by atoms with Crippen LogP contribution in [0.3, 0.4) is 0 Å². The Kier molecular flexibility index (Phi) is 5.04. The molecule has 2 aliphatic rings. The van der Waals surface area contributed by atoms with Crippen molar-refractivity contribution in [1.29, 1.82) is 0 Å². The van der Waals surface area contributed by atoms with E-state index in [9.17, 15) is 4.79 Å². The second-order valence-corrected chi connectivity index (χ2v) is 8.11. The fraction of sp³-hybridized carbons (Fsp3) is 0.391. The van der Waals surface area contributed by atoms with Crippen LogP contribution in [0.1, 0.15) is 19.8 Å². The number of nitrogens with one attached hydrogen (secondary N) is 1. The van der Waals surface area contributed by atoms with E-state index in [1.165, 1.54) is 0 Å². The first kappa shape index (κ1) is 18.9. The molecule has 1 aliphatic heterocycles. The Morgan fingerprint density at radius 3 is 2.50 bits per heavy atom. The van der Waals surface area contributed by atoms with Crippen LogP contribution in [0.5, 0.6) is 0 Å². The minimum atomic E-state index is -0.0951. The van der Waals surface area contributed by atoms with Crippen LogP contribution < -0.4 is 10.2 Å². The molecular formula is C23H26N6O. The predicted molar refractivity (Wildman–Crippen MR) is 117 cm³/mol. The number of fused-ring (bicyclic) bond motifs is 1. The number of anilines is 1. The number of benzene rings is 1. The number of pyridine rings is 1. The van der Waals surface area contributed by atoms with E-state index in [2.05, 4.69) is 26.2 Å². The third kappa shape index (κ3) is 3.85. The lowest BCUT2D eigenvalue weighted by Crippen LogP contribution is -2.54. The highest BCUT2D eigenvalue weighted by atomic mass is 16.2. The van der Waals surface area contributed by atoms with Crippen molar-refractivity contribution in [2.75, 3.05) is 31.1 Å². The number of rotatable bonds is 5. The zero-order valence-electron chi connectivity index (χ0n) is 17.2. The highest BCUT2D eigenvalue weighted by molar-refractivity contribution is 5.91. The number of carbonyl (C=O) groups is 1. The van der Waals surface area contributed by atoms with E-state index < -0.39 is 0 Å². The van der Waals surface area contributed by atoms with E-state index in [0.29, 0.717) is 11.9 Å². The van der Waals surface area contributed by atoms with E-state index >= 15 is 0 Å². The minimum Gasteiger partial charge on any atom is -0.353 e. The van der Waals surface area contributed by atoms with Gasteiger partial charge in [0.05, 0.1) is 11.6 Å². The van der Waals surface area contributed by atoms with Gasteiger partial charge in [-0.1, -0.05) is 12.1 Å². The Bertz CT molecular complexity index is 1040. The van der Waals surface area contributed by atoms with Crippen molar-refractivity contribution in [3.05, 3.63) is 48.8 Å². The van der Waals surface area contributed by atoms with E-state index in [1.54, 1.807) is 12.4 Å². The average Bonchev–Trinajstić information content (AvgIpc) is 3.62. The predicted octanol–water partition coefficient (Wildman–Crippen LogP) is 2.48. The molecule has 5 rings (SSSR count). The number of hydrogen-bond acceptors (Lipinski definition) is 6. The van der Waals surface area contributed by atoms with Gasteiger partial charge in [-0.25, -0.2) is 9.97 Å². The molecule has 1 unspecified atom stereocenters. The molecule has 3 heterocycles. The highest BCUT2D eigenvalue weighted by Gasteiger charge is 2.30. The Labute approximate surface area is 176 Å². The van der Waals surface area contributed by atoms with Crippen molar-refractivity contribution in [3.8, 4) is 11.4 Å². The molecule has 1 N–H and O–H groups in total. The van der Waals surface area contributed by atoms with Gasteiger partial charge in [0.15, 0.2) is 5.82 Å². The zero-order chi connectivity index (χ0) is 20.5. The zero-order valence-corrected chi connectivity index (χ0v) is 17.2. The Morgan fingerprint density at radius 1 is 1.03 bits per heavy atom. The maximum absolute atomic E-state index is 12.4. The summed E-state index contributed by atoms with van der Waals surface area (Å²) in [5.74, 6) is 1.83. The molecule has 2 aromatic heterocycles. The van der Waals surface area contributed by atoms with Gasteiger partial charge >= 0.3 is 0 Å². The molecule has 1 aliphatic carbocycles. The highest BCUT2D eigenvalue weighted by Crippen LogP contribution is 2.28. The number of piperazine rings is 1. The van der Waals surface area contributed by atoms with E-state index in [4.69, 9.17) is 9.97 Å². The summed E-state index contributed by atoms with van der Waals surface area (Å²) in [7, 11) is 0. The first-order chi connectivity index (χ1) is 14.7. The van der Waals surface area contributed by atoms with Crippen LogP contribution in [0, 0.1) is 0 Å². The number of amides is 1. The third-order valence-electron chi connectivity index (χ3n) is 5.99. The lowest BCUT2D eigenvalue weighted by molar-refractivity contribution is -0.126. The number of carbonyl (C=O) groups excluding carboxylic acids is 1. The standard InChI is InChI=1S/C23H26N6O/c1-16(23(30)25-18-6-7-18)28-12-14-29(15-13-28)22-19-4-2-3-5-20(19)26-21(27-22)17-8-10-24-11-9-17/h2-5,8-11,16,18H,6-7,12-15H2,1H3,(H,25,30). The molecular weight excluding hydrogens is 376 g/mol. The largest absolute Gasteiger partial charge is 0.353 e. The Balaban J connectivity index is 1.38. The Hall–Kier alpha value is -3.06. The fourth-order valence-electron chi connectivity index (χ4n) is 3.97. The van der Waals surface area contributed by atoms with Gasteiger partial charge < -0.3 is 10.2 Å². The van der Waals surface area contributed by atoms with E-state index in [-0.39, 0.29) is 11.9 Å². The minimum absolute atomic E-state index is 0.0951. The molecule has 1 saturated heterocycles. The van der Waals surface area contributed by atoms with Gasteiger partial charge in [-0.15, -0.1) is 0 Å². The van der Waals surface area contributed by atoms with Crippen LogP contribution in [-0.4, -0.2) is 64.0 Å². The molecule has 2 fully saturated rings. The van der Waals surface area contributed by atoms with E-state index in [0.717, 1.165) is 61.3 Å². The van der Waals surface area contributed by atoms with Crippen molar-refractivity contribution in [1.82, 2.24) is 25.2 Å². The molecule has 1 atom stereocenters. The summed E-state index contributed by atoms with van der Waals surface area (Å²) >= 11 is 0. The first-order valence-electron chi connectivity index (χ1n) is 10.7. The van der Waals surface area contributed by atoms with Crippen LogP contribution >= 0.6 is 0 Å². The maximum Gasteiger partial charge on any atom is 0.237 e. The topological polar surface area (TPSA) is 74.2 Å². The summed E-state index contributed by atoms with van der Waals surface area (Å²) in [5, 5.41) is 4.18. The summed E-state index contributed by atoms with van der Waals surface area (Å²) in [6, 6.07) is 12.3. The van der Waals surface area contributed by atoms with Gasteiger partial charge in [-0.2, -0.15) is 0 Å². The molecule has 154 valence electrons. The summed E-state index contributed by atoms with van der Waals surface area (Å²) in [5.41, 5.74) is 1.90. The Morgan fingerprint density at radius 2 is 1.77 bits per heavy atom. The number of hydrogen-bond donors (Lipinski definition) is 1. The van der Waals surface area contributed by atoms with Crippen LogP contribution in [0.4, 0.5) is 5.82 Å². The summed E-state index contributed by atoms with van der Waals surface area (Å²) in [4.78, 5) is 30.8. The second kappa shape index (κ2) is 7.99. The summed E-state index contributed by atoms with van der Waals surface area (Å²) in [6.45, 7) is 5.34. The number of para-hydroxylation sites is 1. The molecule has 1 saturated carbocycles. The van der Waals surface area contributed by atoms with Crippen molar-refractivity contribution in [3.63, 3.8) is 0 Å². The van der Waals surface area contributed by atoms with Gasteiger partial charge in [0.25, 0.3) is 0 Å². The fourth-order valence-corrected chi connectivity index (χ4v) is 3.97. The molecule has 0 bridgehead atoms. The van der Waals surface area contributed by atoms with Crippen molar-refractivity contribution < 1.29 is 4.79 Å². The molecule has 0 radical (unpaired) electrons. The van der Waals surface area contributed by atoms with Gasteiger partial charge in [0.1, 0.15) is 5.82 Å². The first-order valence-corrected chi connectivity index (χ1v) is 10.7. The van der Waals surface area contributed by atoms with Crippen LogP contribution in [0.15, 0.2) is 48.8 Å². The molecule has 1 amide bonds. The average molecular weight is 403 g/mol. The monoisotopic (exact) mass is 402 g/mol. The van der Waals surface area contributed by atoms with Gasteiger partial charge in [0, 0.05) is 55.6 Å².